The highest BCUT2D eigenvalue weighted by molar-refractivity contribution is 5.44. The zero-order chi connectivity index (χ0) is 12.1. The molecule has 1 aromatic heterocycles. The lowest BCUT2D eigenvalue weighted by molar-refractivity contribution is 0.296. The van der Waals surface area contributed by atoms with Gasteiger partial charge in [0.1, 0.15) is 0 Å². The Morgan fingerprint density at radius 3 is 2.65 bits per heavy atom. The molecule has 0 aromatic carbocycles. The van der Waals surface area contributed by atoms with Gasteiger partial charge < -0.3 is 15.7 Å². The van der Waals surface area contributed by atoms with Crippen molar-refractivity contribution >= 4 is 5.82 Å². The zero-order valence-electron chi connectivity index (χ0n) is 10.0. The molecule has 0 atom stereocenters. The van der Waals surface area contributed by atoms with Crippen LogP contribution in [0.3, 0.4) is 0 Å². The Bertz CT molecular complexity index is 352. The SMILES string of the molecule is NCc1nccnc1N(CCO)C1CCCC1. The minimum Gasteiger partial charge on any atom is -0.395 e. The summed E-state index contributed by atoms with van der Waals surface area (Å²) in [4.78, 5) is 10.8. The number of hydrogen-bond donors (Lipinski definition) is 2. The van der Waals surface area contributed by atoms with Crippen molar-refractivity contribution in [3.05, 3.63) is 18.1 Å². The molecule has 2 rings (SSSR count). The Morgan fingerprint density at radius 2 is 2.00 bits per heavy atom. The van der Waals surface area contributed by atoms with Crippen LogP contribution in [0.25, 0.3) is 0 Å². The van der Waals surface area contributed by atoms with Gasteiger partial charge >= 0.3 is 0 Å². The maximum Gasteiger partial charge on any atom is 0.151 e. The van der Waals surface area contributed by atoms with Gasteiger partial charge in [0.25, 0.3) is 0 Å². The highest BCUT2D eigenvalue weighted by atomic mass is 16.3. The van der Waals surface area contributed by atoms with Crippen molar-refractivity contribution < 1.29 is 5.11 Å². The van der Waals surface area contributed by atoms with E-state index < -0.39 is 0 Å². The standard InChI is InChI=1S/C12H20N4O/c13-9-11-12(15-6-5-14-11)16(7-8-17)10-3-1-2-4-10/h5-6,10,17H,1-4,7-9,13H2. The van der Waals surface area contributed by atoms with E-state index in [9.17, 15) is 5.11 Å². The molecule has 0 bridgehead atoms. The molecule has 0 spiro atoms. The first-order chi connectivity index (χ1) is 8.36. The summed E-state index contributed by atoms with van der Waals surface area (Å²) in [5.41, 5.74) is 6.50. The zero-order valence-corrected chi connectivity index (χ0v) is 10.0. The van der Waals surface area contributed by atoms with Crippen LogP contribution in [0, 0.1) is 0 Å². The molecule has 0 amide bonds. The number of nitrogens with zero attached hydrogens (tertiary/aromatic N) is 3. The normalized spacial score (nSPS) is 16.4. The van der Waals surface area contributed by atoms with Gasteiger partial charge in [-0.05, 0) is 12.8 Å². The summed E-state index contributed by atoms with van der Waals surface area (Å²) in [6.45, 7) is 1.13. The molecule has 0 radical (unpaired) electrons. The number of aromatic nitrogens is 2. The Kier molecular flexibility index (Phi) is 4.28. The predicted octanol–water partition coefficient (Wildman–Crippen LogP) is 0.677. The summed E-state index contributed by atoms with van der Waals surface area (Å²) in [5, 5.41) is 9.20. The molecule has 3 N–H and O–H groups in total. The predicted molar refractivity (Wildman–Crippen MR) is 66.6 cm³/mol. The topological polar surface area (TPSA) is 75.3 Å². The number of nitrogens with two attached hydrogens (primary N) is 1. The Hall–Kier alpha value is -1.20. The van der Waals surface area contributed by atoms with E-state index in [-0.39, 0.29) is 6.61 Å². The molecule has 1 fully saturated rings. The smallest absolute Gasteiger partial charge is 0.151 e. The molecule has 5 nitrogen and oxygen atoms in total. The van der Waals surface area contributed by atoms with Gasteiger partial charge in [0.2, 0.25) is 0 Å². The van der Waals surface area contributed by atoms with Gasteiger partial charge in [-0.1, -0.05) is 12.8 Å². The lowest BCUT2D eigenvalue weighted by Crippen LogP contribution is -2.37. The molecule has 0 aliphatic heterocycles. The van der Waals surface area contributed by atoms with Crippen LogP contribution in [0.4, 0.5) is 5.82 Å². The van der Waals surface area contributed by atoms with E-state index >= 15 is 0 Å². The maximum absolute atomic E-state index is 9.20. The number of anilines is 1. The van der Waals surface area contributed by atoms with E-state index in [0.29, 0.717) is 19.1 Å². The monoisotopic (exact) mass is 236 g/mol. The largest absolute Gasteiger partial charge is 0.395 e. The van der Waals surface area contributed by atoms with Crippen molar-refractivity contribution in [2.75, 3.05) is 18.1 Å². The fourth-order valence-corrected chi connectivity index (χ4v) is 2.53. The van der Waals surface area contributed by atoms with Gasteiger partial charge in [0.05, 0.1) is 12.3 Å². The second-order valence-corrected chi connectivity index (χ2v) is 4.39. The molecule has 0 unspecified atom stereocenters. The molecule has 5 heteroatoms. The molecule has 1 aliphatic rings. The number of aliphatic hydroxyl groups is 1. The molecule has 1 heterocycles. The third kappa shape index (κ3) is 2.73. The third-order valence-corrected chi connectivity index (χ3v) is 3.32. The Labute approximate surface area is 102 Å². The van der Waals surface area contributed by atoms with E-state index in [2.05, 4.69) is 14.9 Å². The number of hydrogen-bond acceptors (Lipinski definition) is 5. The summed E-state index contributed by atoms with van der Waals surface area (Å²) in [6.07, 6.45) is 8.20. The molecule has 94 valence electrons. The Morgan fingerprint density at radius 1 is 1.29 bits per heavy atom. The fourth-order valence-electron chi connectivity index (χ4n) is 2.53. The fraction of sp³-hybridized carbons (Fsp3) is 0.667. The van der Waals surface area contributed by atoms with Crippen LogP contribution in [0.2, 0.25) is 0 Å². The van der Waals surface area contributed by atoms with E-state index in [0.717, 1.165) is 11.5 Å². The van der Waals surface area contributed by atoms with Crippen molar-refractivity contribution in [3.63, 3.8) is 0 Å². The molecule has 1 saturated carbocycles. The quantitative estimate of drug-likeness (QED) is 0.786. The summed E-state index contributed by atoms with van der Waals surface area (Å²) in [5.74, 6) is 0.843. The van der Waals surface area contributed by atoms with Crippen LogP contribution in [0.5, 0.6) is 0 Å². The second-order valence-electron chi connectivity index (χ2n) is 4.39. The van der Waals surface area contributed by atoms with Gasteiger partial charge in [-0.2, -0.15) is 0 Å². The molecule has 0 saturated heterocycles. The lowest BCUT2D eigenvalue weighted by atomic mass is 10.2. The Balaban J connectivity index is 2.24. The van der Waals surface area contributed by atoms with Crippen molar-refractivity contribution in [1.29, 1.82) is 0 Å². The first-order valence-electron chi connectivity index (χ1n) is 6.24. The van der Waals surface area contributed by atoms with E-state index in [1.165, 1.54) is 25.7 Å². The first-order valence-corrected chi connectivity index (χ1v) is 6.24. The minimum atomic E-state index is 0.136. The highest BCUT2D eigenvalue weighted by Crippen LogP contribution is 2.27. The van der Waals surface area contributed by atoms with Gasteiger partial charge in [0.15, 0.2) is 5.82 Å². The molecular weight excluding hydrogens is 216 g/mol. The summed E-state index contributed by atoms with van der Waals surface area (Å²) < 4.78 is 0. The van der Waals surface area contributed by atoms with Crippen molar-refractivity contribution in [2.24, 2.45) is 5.73 Å². The number of aliphatic hydroxyl groups excluding tert-OH is 1. The van der Waals surface area contributed by atoms with Crippen molar-refractivity contribution in [1.82, 2.24) is 9.97 Å². The minimum absolute atomic E-state index is 0.136. The van der Waals surface area contributed by atoms with Crippen molar-refractivity contribution in [3.8, 4) is 0 Å². The first kappa shape index (κ1) is 12.3. The van der Waals surface area contributed by atoms with Crippen LogP contribution in [0.15, 0.2) is 12.4 Å². The van der Waals surface area contributed by atoms with Crippen LogP contribution in [-0.2, 0) is 6.54 Å². The van der Waals surface area contributed by atoms with Crippen LogP contribution >= 0.6 is 0 Å². The van der Waals surface area contributed by atoms with Gasteiger partial charge in [0, 0.05) is 31.5 Å². The van der Waals surface area contributed by atoms with E-state index in [4.69, 9.17) is 5.73 Å². The summed E-state index contributed by atoms with van der Waals surface area (Å²) in [7, 11) is 0. The van der Waals surface area contributed by atoms with Gasteiger partial charge in [-0.25, -0.2) is 4.98 Å². The molecule has 17 heavy (non-hydrogen) atoms. The van der Waals surface area contributed by atoms with E-state index in [1.807, 2.05) is 0 Å². The lowest BCUT2D eigenvalue weighted by Gasteiger charge is -2.30. The highest BCUT2D eigenvalue weighted by Gasteiger charge is 2.25. The van der Waals surface area contributed by atoms with Crippen molar-refractivity contribution in [2.45, 2.75) is 38.3 Å². The molecule has 1 aromatic rings. The average molecular weight is 236 g/mol. The second kappa shape index (κ2) is 5.93. The van der Waals surface area contributed by atoms with Gasteiger partial charge in [-0.15, -0.1) is 0 Å². The van der Waals surface area contributed by atoms with E-state index in [1.54, 1.807) is 12.4 Å². The summed E-state index contributed by atoms with van der Waals surface area (Å²) >= 11 is 0. The van der Waals surface area contributed by atoms with Crippen LogP contribution in [0.1, 0.15) is 31.4 Å². The van der Waals surface area contributed by atoms with Gasteiger partial charge in [-0.3, -0.25) is 4.98 Å². The van der Waals surface area contributed by atoms with Crippen LogP contribution < -0.4 is 10.6 Å². The third-order valence-electron chi connectivity index (χ3n) is 3.32. The molecule has 1 aliphatic carbocycles. The molecular formula is C12H20N4O. The van der Waals surface area contributed by atoms with Crippen LogP contribution in [-0.4, -0.2) is 34.3 Å². The number of rotatable bonds is 5. The average Bonchev–Trinajstić information content (AvgIpc) is 2.89. The summed E-state index contributed by atoms with van der Waals surface area (Å²) in [6, 6.07) is 0.476. The maximum atomic E-state index is 9.20.